The maximum atomic E-state index is 13.4. The van der Waals surface area contributed by atoms with Gasteiger partial charge in [-0.3, -0.25) is 12.2 Å². The Morgan fingerprint density at radius 1 is 0.535 bits per heavy atom. The minimum atomic E-state index is -2.55. The summed E-state index contributed by atoms with van der Waals surface area (Å²) in [7, 11) is 0.777. The summed E-state index contributed by atoms with van der Waals surface area (Å²) < 4.78 is 131. The Balaban J connectivity index is -0.000000652. The van der Waals surface area contributed by atoms with Gasteiger partial charge < -0.3 is 0 Å². The van der Waals surface area contributed by atoms with E-state index in [4.69, 9.17) is 0 Å². The number of halogens is 12. The number of rotatable bonds is 4. The van der Waals surface area contributed by atoms with Crippen LogP contribution >= 0.6 is 33.4 Å². The Bertz CT molecular complexity index is 1110. The van der Waals surface area contributed by atoms with Crippen molar-refractivity contribution in [1.29, 1.82) is 0 Å². The van der Waals surface area contributed by atoms with Gasteiger partial charge in [-0.05, 0) is 22.2 Å². The maximum absolute atomic E-state index is 13.4. The van der Waals surface area contributed by atoms with Gasteiger partial charge in [0.1, 0.15) is 0 Å². The minimum Gasteiger partial charge on any atom is -0.273 e. The molecule has 235 valence electrons. The number of hydrogen-bond donors (Lipinski definition) is 0. The molecule has 2 aromatic carbocycles. The normalized spacial score (nSPS) is 11.8. The molecule has 1 radical (unpaired) electrons. The Hall–Kier alpha value is -1.34. The first-order valence-electron chi connectivity index (χ1n) is 11.8. The molecule has 2 aromatic rings. The molecule has 15 heteroatoms. The van der Waals surface area contributed by atoms with E-state index in [0.717, 1.165) is 32.7 Å². The third-order valence-corrected chi connectivity index (χ3v) is 5.95. The van der Waals surface area contributed by atoms with Crippen molar-refractivity contribution in [3.63, 3.8) is 0 Å². The molecule has 0 unspecified atom stereocenters. The van der Waals surface area contributed by atoms with Crippen molar-refractivity contribution in [3.8, 4) is 0 Å². The summed E-state index contributed by atoms with van der Waals surface area (Å²) in [4.78, 5) is 0. The van der Waals surface area contributed by atoms with E-state index >= 15 is 0 Å². The van der Waals surface area contributed by atoms with Gasteiger partial charge in [-0.2, -0.15) is 12.2 Å². The monoisotopic (exact) mass is 755 g/mol. The van der Waals surface area contributed by atoms with Crippen LogP contribution in [0.15, 0.2) is 36.5 Å². The molecule has 0 N–H and O–H groups in total. The quantitative estimate of drug-likeness (QED) is 0.0732. The first-order chi connectivity index (χ1) is 18.7. The Labute approximate surface area is 279 Å². The minimum absolute atomic E-state index is 0. The average molecular weight is 757 g/mol. The van der Waals surface area contributed by atoms with Gasteiger partial charge in [0.05, 0.1) is 0 Å². The van der Waals surface area contributed by atoms with Crippen molar-refractivity contribution in [3.05, 3.63) is 107 Å². The molecule has 4 rings (SSSR count). The molecule has 2 aliphatic carbocycles. The molecular weight excluding hydrogens is 730 g/mol. The van der Waals surface area contributed by atoms with E-state index < -0.39 is 69.1 Å². The molecule has 0 aromatic heterocycles. The van der Waals surface area contributed by atoms with Gasteiger partial charge in [-0.15, -0.1) is 46.2 Å². The average Bonchev–Trinajstić information content (AvgIpc) is 3.67. The third kappa shape index (κ3) is 14.5. The summed E-state index contributed by atoms with van der Waals surface area (Å²) in [6.07, 6.45) is 20.0. The van der Waals surface area contributed by atoms with E-state index in [2.05, 4.69) is 52.0 Å². The molecule has 0 aliphatic heterocycles. The zero-order chi connectivity index (χ0) is 30.6. The smallest absolute Gasteiger partial charge is 0.273 e. The van der Waals surface area contributed by atoms with Gasteiger partial charge in [-0.1, -0.05) is 27.7 Å². The van der Waals surface area contributed by atoms with Crippen molar-refractivity contribution in [2.24, 2.45) is 0 Å². The van der Waals surface area contributed by atoms with Crippen LogP contribution < -0.4 is 10.9 Å². The molecule has 0 saturated heterocycles. The summed E-state index contributed by atoms with van der Waals surface area (Å²) in [5.41, 5.74) is -1.91. The van der Waals surface area contributed by atoms with Gasteiger partial charge in [0.25, 0.3) is 0 Å². The van der Waals surface area contributed by atoms with Crippen LogP contribution in [0.5, 0.6) is 0 Å². The van der Waals surface area contributed by atoms with Gasteiger partial charge in [0.15, 0.2) is 58.2 Å². The van der Waals surface area contributed by atoms with Gasteiger partial charge >= 0.3 is 26.2 Å². The topological polar surface area (TPSA) is 0 Å². The van der Waals surface area contributed by atoms with Crippen molar-refractivity contribution in [2.45, 2.75) is 51.9 Å². The summed E-state index contributed by atoms with van der Waals surface area (Å²) in [6.45, 7) is 9.10. The fourth-order valence-electron chi connectivity index (χ4n) is 2.99. The van der Waals surface area contributed by atoms with Crippen LogP contribution in [0.4, 0.5) is 43.9 Å². The van der Waals surface area contributed by atoms with Crippen LogP contribution in [-0.4, -0.2) is 18.6 Å². The summed E-state index contributed by atoms with van der Waals surface area (Å²) in [5, 5.41) is 0. The van der Waals surface area contributed by atoms with Gasteiger partial charge in [0.2, 0.25) is 7.28 Å². The zero-order valence-corrected chi connectivity index (χ0v) is 28.3. The number of hydrogen-bond acceptors (Lipinski definition) is 0. The molecule has 0 amide bonds. The van der Waals surface area contributed by atoms with Crippen molar-refractivity contribution in [2.75, 3.05) is 0 Å². The molecular formula is C28H27BCl2F10PZr. The van der Waals surface area contributed by atoms with Crippen LogP contribution in [-0.2, 0) is 26.2 Å². The Morgan fingerprint density at radius 3 is 0.930 bits per heavy atom. The van der Waals surface area contributed by atoms with Crippen LogP contribution in [0.2, 0.25) is 0 Å². The third-order valence-electron chi connectivity index (χ3n) is 4.61. The number of benzene rings is 2. The summed E-state index contributed by atoms with van der Waals surface area (Å²) in [6, 6.07) is 0. The largest absolute Gasteiger partial charge is 2.00 e. The van der Waals surface area contributed by atoms with Crippen LogP contribution in [0.1, 0.15) is 40.5 Å². The number of allylic oxidation sites excluding steroid dienone is 8. The summed E-state index contributed by atoms with van der Waals surface area (Å²) in [5.74, 6) is -24.9. The van der Waals surface area contributed by atoms with E-state index in [1.165, 1.54) is 0 Å². The molecule has 43 heavy (non-hydrogen) atoms. The molecule has 0 fully saturated rings. The molecule has 0 heterocycles. The first kappa shape index (κ1) is 46.1. The first-order valence-corrected chi connectivity index (χ1v) is 12.9. The molecule has 0 bridgehead atoms. The van der Waals surface area contributed by atoms with E-state index in [1.807, 2.05) is 24.3 Å². The van der Waals surface area contributed by atoms with Crippen molar-refractivity contribution >= 4 is 51.6 Å². The van der Waals surface area contributed by atoms with Crippen LogP contribution in [0.25, 0.3) is 0 Å². The van der Waals surface area contributed by atoms with E-state index in [0.29, 0.717) is 0 Å². The predicted octanol–water partition coefficient (Wildman–Crippen LogP) is 8.67. The zero-order valence-electron chi connectivity index (χ0n) is 23.2. The predicted molar refractivity (Wildman–Crippen MR) is 154 cm³/mol. The Morgan fingerprint density at radius 2 is 0.791 bits per heavy atom. The molecule has 0 atom stereocenters. The van der Waals surface area contributed by atoms with Crippen LogP contribution in [0.3, 0.4) is 0 Å². The SMILES string of the molecule is CC(C)PC(C)C.Cl.Cl.Fc1c(F)c(F)c([B]c2c(F)c(F)c(F)c(F)c2F)c(F)c1F.[C-]1=CC=CC1.[C-]1=CC=CC1.[Zr+2]. The van der Waals surface area contributed by atoms with Crippen LogP contribution in [0, 0.1) is 70.3 Å². The molecule has 0 saturated carbocycles. The second kappa shape index (κ2) is 23.1. The van der Waals surface area contributed by atoms with E-state index in [9.17, 15) is 43.9 Å². The molecule has 2 aliphatic rings. The fraction of sp³-hybridized carbons (Fsp3) is 0.286. The van der Waals surface area contributed by atoms with Crippen molar-refractivity contribution in [1.82, 2.24) is 0 Å². The summed E-state index contributed by atoms with van der Waals surface area (Å²) >= 11 is 0. The molecule has 0 nitrogen and oxygen atoms in total. The maximum Gasteiger partial charge on any atom is 2.00 e. The second-order valence-corrected chi connectivity index (χ2v) is 11.2. The standard InChI is InChI=1S/C12BF10.C6H15P.2C5H5.2ClH.Zr/c14-3-1(4(15)8(19)11(22)7(3)18)13-2-5(16)9(20)12(23)10(21)6(2)17;1-5(2)7-6(3)4;2*1-2-4-5-3-1;;;/h;5-7H,1-4H3;2*1-3H,4H2;2*1H;/q;;2*-1;;;+2. The van der Waals surface area contributed by atoms with E-state index in [-0.39, 0.29) is 58.3 Å². The second-order valence-electron chi connectivity index (χ2n) is 8.59. The van der Waals surface area contributed by atoms with Crippen molar-refractivity contribution < 1.29 is 70.1 Å². The van der Waals surface area contributed by atoms with E-state index in [1.54, 1.807) is 0 Å². The van der Waals surface area contributed by atoms with Gasteiger partial charge in [-0.25, -0.2) is 68.2 Å². The molecule has 0 spiro atoms. The Kier molecular flexibility index (Phi) is 24.7. The fourth-order valence-corrected chi connectivity index (χ4v) is 4.32. The van der Waals surface area contributed by atoms with Gasteiger partial charge in [0, 0.05) is 0 Å².